The SMILES string of the molecule is c1ccc(-n2c3ccccc3c3ccc4c(c5ccccc5n4-c4ccccc4-c4cccc(-n5c6ccccc6c6c7c(ccc65)C5CCCCC5C7)c4)c32)cc1. The zero-order chi connectivity index (χ0) is 37.9. The third kappa shape index (κ3) is 4.45. The average Bonchev–Trinajstić information content (AvgIpc) is 4.03. The Labute approximate surface area is 337 Å². The summed E-state index contributed by atoms with van der Waals surface area (Å²) < 4.78 is 7.50. The predicted octanol–water partition coefficient (Wildman–Crippen LogP) is 14.5. The van der Waals surface area contributed by atoms with Crippen molar-refractivity contribution < 1.29 is 0 Å². The molecule has 3 nitrogen and oxygen atoms in total. The molecule has 13 rings (SSSR count). The number of rotatable bonds is 4. The minimum absolute atomic E-state index is 0.730. The molecule has 0 saturated heterocycles. The Hall–Kier alpha value is -6.84. The molecule has 3 heterocycles. The molecule has 3 aromatic heterocycles. The molecule has 2 atom stereocenters. The summed E-state index contributed by atoms with van der Waals surface area (Å²) in [7, 11) is 0. The van der Waals surface area contributed by atoms with Crippen molar-refractivity contribution in [2.24, 2.45) is 5.92 Å². The number of para-hydroxylation sites is 5. The number of hydrogen-bond donors (Lipinski definition) is 0. The van der Waals surface area contributed by atoms with Gasteiger partial charge in [0, 0.05) is 49.3 Å². The molecule has 0 N–H and O–H groups in total. The largest absolute Gasteiger partial charge is 0.309 e. The number of fused-ring (bicyclic) bond motifs is 14. The van der Waals surface area contributed by atoms with Crippen LogP contribution in [0.15, 0.2) is 176 Å². The van der Waals surface area contributed by atoms with Gasteiger partial charge in [0.1, 0.15) is 0 Å². The van der Waals surface area contributed by atoms with Gasteiger partial charge in [-0.15, -0.1) is 0 Å². The van der Waals surface area contributed by atoms with Gasteiger partial charge in [0.05, 0.1) is 38.8 Å². The fourth-order valence-electron chi connectivity index (χ4n) is 11.5. The quantitative estimate of drug-likeness (QED) is 0.171. The van der Waals surface area contributed by atoms with Crippen molar-refractivity contribution in [3.05, 3.63) is 187 Å². The van der Waals surface area contributed by atoms with Crippen molar-refractivity contribution in [3.63, 3.8) is 0 Å². The maximum atomic E-state index is 2.53. The van der Waals surface area contributed by atoms with Crippen molar-refractivity contribution >= 4 is 65.4 Å². The first-order valence-corrected chi connectivity index (χ1v) is 21.1. The molecule has 0 bridgehead atoms. The van der Waals surface area contributed by atoms with E-state index < -0.39 is 0 Å². The fraction of sp³-hybridized carbons (Fsp3) is 0.127. The van der Waals surface area contributed by atoms with Gasteiger partial charge in [-0.05, 0) is 108 Å². The van der Waals surface area contributed by atoms with Gasteiger partial charge in [0.2, 0.25) is 0 Å². The highest BCUT2D eigenvalue weighted by Crippen LogP contribution is 2.51. The van der Waals surface area contributed by atoms with E-state index in [0.29, 0.717) is 0 Å². The lowest BCUT2D eigenvalue weighted by molar-refractivity contribution is 0.330. The van der Waals surface area contributed by atoms with E-state index in [1.807, 2.05) is 0 Å². The van der Waals surface area contributed by atoms with Crippen molar-refractivity contribution in [1.29, 1.82) is 0 Å². The van der Waals surface area contributed by atoms with Crippen LogP contribution in [0.1, 0.15) is 42.7 Å². The maximum Gasteiger partial charge on any atom is 0.0641 e. The van der Waals surface area contributed by atoms with Crippen LogP contribution < -0.4 is 0 Å². The first kappa shape index (κ1) is 32.3. The summed E-state index contributed by atoms with van der Waals surface area (Å²) in [6, 6.07) is 65.5. The first-order chi connectivity index (χ1) is 28.8. The zero-order valence-corrected chi connectivity index (χ0v) is 32.3. The lowest BCUT2D eigenvalue weighted by Crippen LogP contribution is -2.12. The Bertz CT molecular complexity index is 3450. The van der Waals surface area contributed by atoms with E-state index >= 15 is 0 Å². The van der Waals surface area contributed by atoms with Crippen molar-refractivity contribution in [1.82, 2.24) is 13.7 Å². The highest BCUT2D eigenvalue weighted by atomic mass is 15.0. The molecular formula is C55H41N3. The topological polar surface area (TPSA) is 14.8 Å². The summed E-state index contributed by atoms with van der Waals surface area (Å²) in [6.45, 7) is 0. The molecule has 2 unspecified atom stereocenters. The van der Waals surface area contributed by atoms with Gasteiger partial charge in [0.15, 0.2) is 0 Å². The van der Waals surface area contributed by atoms with E-state index in [9.17, 15) is 0 Å². The smallest absolute Gasteiger partial charge is 0.0641 e. The molecule has 0 spiro atoms. The normalized spacial score (nSPS) is 16.6. The molecule has 0 aliphatic heterocycles. The van der Waals surface area contributed by atoms with Gasteiger partial charge in [-0.1, -0.05) is 128 Å². The van der Waals surface area contributed by atoms with Crippen molar-refractivity contribution in [2.75, 3.05) is 0 Å². The van der Waals surface area contributed by atoms with Crippen LogP contribution in [0.2, 0.25) is 0 Å². The lowest BCUT2D eigenvalue weighted by Gasteiger charge is -2.25. The summed E-state index contributed by atoms with van der Waals surface area (Å²) in [6.07, 6.45) is 6.68. The van der Waals surface area contributed by atoms with Crippen molar-refractivity contribution in [3.8, 4) is 28.2 Å². The van der Waals surface area contributed by atoms with E-state index in [-0.39, 0.29) is 0 Å². The Morgan fingerprint density at radius 3 is 1.90 bits per heavy atom. The average molecular weight is 744 g/mol. The van der Waals surface area contributed by atoms with Crippen LogP contribution in [0.25, 0.3) is 93.6 Å². The Morgan fingerprint density at radius 2 is 1.05 bits per heavy atom. The minimum Gasteiger partial charge on any atom is -0.309 e. The van der Waals surface area contributed by atoms with Crippen LogP contribution in [-0.2, 0) is 6.42 Å². The van der Waals surface area contributed by atoms with E-state index in [4.69, 9.17) is 0 Å². The third-order valence-electron chi connectivity index (χ3n) is 13.8. The second-order valence-corrected chi connectivity index (χ2v) is 16.7. The Morgan fingerprint density at radius 1 is 0.414 bits per heavy atom. The van der Waals surface area contributed by atoms with Gasteiger partial charge >= 0.3 is 0 Å². The minimum atomic E-state index is 0.730. The molecule has 1 fully saturated rings. The molecule has 0 radical (unpaired) electrons. The fourth-order valence-corrected chi connectivity index (χ4v) is 11.5. The molecule has 58 heavy (non-hydrogen) atoms. The monoisotopic (exact) mass is 743 g/mol. The van der Waals surface area contributed by atoms with E-state index in [1.165, 1.54) is 126 Å². The standard InChI is InChI=1S/C55H41N3/c1-2-17-37(18-3-1)57-48-26-11-7-22-42(48)43-30-32-52-54(55(43)57)45-24-9-13-28-50(45)58(52)47-25-10-6-21-40(47)35-16-14-19-38(33-35)56-49-27-12-8-23-44(49)53-46-34-36-15-4-5-20-39(36)41(46)29-31-51(53)56/h1-3,6-14,16-19,21-33,36,39H,4-5,15,20,34H2. The molecule has 3 heteroatoms. The predicted molar refractivity (Wildman–Crippen MR) is 243 cm³/mol. The number of hydrogen-bond acceptors (Lipinski definition) is 0. The Balaban J connectivity index is 1.04. The van der Waals surface area contributed by atoms with Crippen LogP contribution in [0, 0.1) is 5.92 Å². The van der Waals surface area contributed by atoms with Crippen LogP contribution in [0.5, 0.6) is 0 Å². The van der Waals surface area contributed by atoms with Crippen LogP contribution in [-0.4, -0.2) is 13.7 Å². The van der Waals surface area contributed by atoms with Gasteiger partial charge in [0.25, 0.3) is 0 Å². The highest BCUT2D eigenvalue weighted by Gasteiger charge is 2.36. The van der Waals surface area contributed by atoms with E-state index in [1.54, 1.807) is 11.1 Å². The zero-order valence-electron chi connectivity index (χ0n) is 32.3. The molecule has 0 amide bonds. The van der Waals surface area contributed by atoms with Gasteiger partial charge in [-0.25, -0.2) is 0 Å². The second kappa shape index (κ2) is 12.3. The third-order valence-corrected chi connectivity index (χ3v) is 13.8. The summed E-state index contributed by atoms with van der Waals surface area (Å²) in [5.74, 6) is 1.53. The summed E-state index contributed by atoms with van der Waals surface area (Å²) in [4.78, 5) is 0. The molecule has 8 aromatic carbocycles. The Kier molecular flexibility index (Phi) is 6.86. The second-order valence-electron chi connectivity index (χ2n) is 16.7. The van der Waals surface area contributed by atoms with Crippen LogP contribution >= 0.6 is 0 Å². The van der Waals surface area contributed by atoms with E-state index in [0.717, 1.165) is 11.8 Å². The molecule has 276 valence electrons. The molecule has 1 saturated carbocycles. The lowest BCUT2D eigenvalue weighted by atomic mass is 9.80. The van der Waals surface area contributed by atoms with E-state index in [2.05, 4.69) is 190 Å². The molecule has 11 aromatic rings. The van der Waals surface area contributed by atoms with Gasteiger partial charge in [-0.2, -0.15) is 0 Å². The van der Waals surface area contributed by atoms with Crippen LogP contribution in [0.3, 0.4) is 0 Å². The molecule has 2 aliphatic rings. The van der Waals surface area contributed by atoms with Crippen molar-refractivity contribution in [2.45, 2.75) is 38.0 Å². The molecular weight excluding hydrogens is 703 g/mol. The van der Waals surface area contributed by atoms with Crippen LogP contribution in [0.4, 0.5) is 0 Å². The highest BCUT2D eigenvalue weighted by molar-refractivity contribution is 6.26. The van der Waals surface area contributed by atoms with Gasteiger partial charge < -0.3 is 13.7 Å². The summed E-state index contributed by atoms with van der Waals surface area (Å²) >= 11 is 0. The molecule has 2 aliphatic carbocycles. The number of aromatic nitrogens is 3. The maximum absolute atomic E-state index is 2.53. The van der Waals surface area contributed by atoms with Gasteiger partial charge in [-0.3, -0.25) is 0 Å². The number of nitrogens with zero attached hydrogens (tertiary/aromatic N) is 3. The number of benzene rings is 8. The summed E-state index contributed by atoms with van der Waals surface area (Å²) in [5.41, 5.74) is 16.7. The first-order valence-electron chi connectivity index (χ1n) is 21.1. The summed E-state index contributed by atoms with van der Waals surface area (Å²) in [5, 5.41) is 7.91.